The minimum absolute atomic E-state index is 1.09. The zero-order valence-electron chi connectivity index (χ0n) is 31.8. The fourth-order valence-corrected chi connectivity index (χ4v) is 8.99. The van der Waals surface area contributed by atoms with E-state index in [0.29, 0.717) is 0 Å². The van der Waals surface area contributed by atoms with Crippen molar-refractivity contribution in [3.05, 3.63) is 231 Å². The van der Waals surface area contributed by atoms with Gasteiger partial charge in [0.15, 0.2) is 0 Å². The Morgan fingerprint density at radius 2 is 0.655 bits per heavy atom. The van der Waals surface area contributed by atoms with Gasteiger partial charge >= 0.3 is 0 Å². The van der Waals surface area contributed by atoms with Crippen molar-refractivity contribution in [1.82, 2.24) is 4.57 Å². The summed E-state index contributed by atoms with van der Waals surface area (Å²) in [5, 5.41) is 7.54. The fourth-order valence-electron chi connectivity index (χ4n) is 8.99. The molecule has 0 saturated heterocycles. The maximum Gasteiger partial charge on any atom is 0.0541 e. The molecular weight excluding hydrogens is 701 g/mol. The molecule has 10 aromatic carbocycles. The normalized spacial score (nSPS) is 11.4. The van der Waals surface area contributed by atoms with Gasteiger partial charge in [-0.25, -0.2) is 0 Å². The lowest BCUT2D eigenvalue weighted by molar-refractivity contribution is 1.17. The summed E-state index contributed by atoms with van der Waals surface area (Å²) in [6, 6.07) is 83.6. The number of nitrogens with zero attached hydrogens (tertiary/aromatic N) is 2. The third-order valence-corrected chi connectivity index (χ3v) is 11.6. The number of hydrogen-bond acceptors (Lipinski definition) is 1. The fraction of sp³-hybridized carbons (Fsp3) is 0. The number of benzene rings is 10. The molecule has 0 amide bonds. The van der Waals surface area contributed by atoms with Crippen molar-refractivity contribution in [2.24, 2.45) is 0 Å². The van der Waals surface area contributed by atoms with Crippen LogP contribution >= 0.6 is 0 Å². The van der Waals surface area contributed by atoms with Crippen LogP contribution in [-0.2, 0) is 0 Å². The van der Waals surface area contributed by atoms with E-state index < -0.39 is 0 Å². The molecule has 2 heteroatoms. The summed E-state index contributed by atoms with van der Waals surface area (Å²) in [6.45, 7) is 0. The van der Waals surface area contributed by atoms with Crippen LogP contribution in [0, 0.1) is 0 Å². The highest BCUT2D eigenvalue weighted by Crippen LogP contribution is 2.45. The molecule has 0 bridgehead atoms. The Balaban J connectivity index is 1.06. The molecule has 58 heavy (non-hydrogen) atoms. The summed E-state index contributed by atoms with van der Waals surface area (Å²) in [5.41, 5.74) is 14.1. The third-order valence-electron chi connectivity index (χ3n) is 11.6. The molecule has 0 aliphatic carbocycles. The van der Waals surface area contributed by atoms with Crippen LogP contribution in [0.1, 0.15) is 0 Å². The second-order valence-electron chi connectivity index (χ2n) is 14.9. The summed E-state index contributed by atoms with van der Waals surface area (Å²) < 4.78 is 2.38. The molecule has 0 N–H and O–H groups in total. The molecule has 1 heterocycles. The van der Waals surface area contributed by atoms with Crippen molar-refractivity contribution in [2.75, 3.05) is 4.90 Å². The maximum atomic E-state index is 2.38. The van der Waals surface area contributed by atoms with E-state index in [1.165, 1.54) is 76.7 Å². The molecule has 1 aromatic heterocycles. The lowest BCUT2D eigenvalue weighted by Crippen LogP contribution is -2.10. The van der Waals surface area contributed by atoms with Gasteiger partial charge in [-0.05, 0) is 116 Å². The van der Waals surface area contributed by atoms with Gasteiger partial charge in [0.05, 0.1) is 11.0 Å². The minimum Gasteiger partial charge on any atom is -0.310 e. The smallest absolute Gasteiger partial charge is 0.0541 e. The number of hydrogen-bond donors (Lipinski definition) is 0. The van der Waals surface area contributed by atoms with Crippen molar-refractivity contribution in [2.45, 2.75) is 0 Å². The molecule has 0 unspecified atom stereocenters. The Bertz CT molecular complexity index is 3140. The Morgan fingerprint density at radius 1 is 0.259 bits per heavy atom. The molecule has 0 saturated carbocycles. The van der Waals surface area contributed by atoms with Gasteiger partial charge < -0.3 is 9.47 Å². The molecule has 0 spiro atoms. The second kappa shape index (κ2) is 14.1. The van der Waals surface area contributed by atoms with Gasteiger partial charge in [0.2, 0.25) is 0 Å². The molecule has 11 rings (SSSR count). The first-order valence-corrected chi connectivity index (χ1v) is 19.9. The van der Waals surface area contributed by atoms with Crippen LogP contribution in [-0.4, -0.2) is 4.57 Å². The molecule has 0 aliphatic heterocycles. The number of aromatic nitrogens is 1. The first-order chi connectivity index (χ1) is 28.8. The van der Waals surface area contributed by atoms with Gasteiger partial charge in [0.25, 0.3) is 0 Å². The molecule has 0 fully saturated rings. The monoisotopic (exact) mass is 738 g/mol. The van der Waals surface area contributed by atoms with Crippen molar-refractivity contribution < 1.29 is 0 Å². The van der Waals surface area contributed by atoms with Crippen LogP contribution in [0.2, 0.25) is 0 Å². The molecule has 0 aliphatic rings. The molecule has 2 nitrogen and oxygen atoms in total. The first-order valence-electron chi connectivity index (χ1n) is 19.9. The van der Waals surface area contributed by atoms with Crippen LogP contribution in [0.4, 0.5) is 17.1 Å². The number of para-hydroxylation sites is 2. The van der Waals surface area contributed by atoms with E-state index in [9.17, 15) is 0 Å². The highest BCUT2D eigenvalue weighted by atomic mass is 15.1. The maximum absolute atomic E-state index is 2.38. The first kappa shape index (κ1) is 33.6. The Morgan fingerprint density at radius 3 is 1.17 bits per heavy atom. The molecule has 272 valence electrons. The average molecular weight is 739 g/mol. The Labute approximate surface area is 338 Å². The van der Waals surface area contributed by atoms with Crippen LogP contribution in [0.3, 0.4) is 0 Å². The highest BCUT2D eigenvalue weighted by Gasteiger charge is 2.19. The van der Waals surface area contributed by atoms with Gasteiger partial charge in [-0.1, -0.05) is 170 Å². The molecular formula is C56H38N2. The number of fused-ring (bicyclic) bond motifs is 5. The number of anilines is 3. The lowest BCUT2D eigenvalue weighted by atomic mass is 9.86. The Hall–Kier alpha value is -7.68. The zero-order valence-corrected chi connectivity index (χ0v) is 31.8. The summed E-state index contributed by atoms with van der Waals surface area (Å²) in [4.78, 5) is 2.38. The van der Waals surface area contributed by atoms with Crippen molar-refractivity contribution in [3.8, 4) is 39.1 Å². The third kappa shape index (κ3) is 5.66. The molecule has 0 atom stereocenters. The SMILES string of the molecule is c1ccc(-c2cccc(N(c3ccc(-c4c5ccccc5c(-c5ccccc5)c5ccccc45)cc3)c3ccc(-n4c5ccccc5c5ccccc54)cc3)c2)cc1. The predicted octanol–water partition coefficient (Wildman–Crippen LogP) is 15.6. The summed E-state index contributed by atoms with van der Waals surface area (Å²) >= 11 is 0. The average Bonchev–Trinajstić information content (AvgIpc) is 3.64. The van der Waals surface area contributed by atoms with Crippen LogP contribution in [0.15, 0.2) is 231 Å². The zero-order chi connectivity index (χ0) is 38.4. The molecule has 11 aromatic rings. The van der Waals surface area contributed by atoms with E-state index in [4.69, 9.17) is 0 Å². The highest BCUT2D eigenvalue weighted by molar-refractivity contribution is 6.21. The summed E-state index contributed by atoms with van der Waals surface area (Å²) in [5.74, 6) is 0. The van der Waals surface area contributed by atoms with Crippen LogP contribution in [0.5, 0.6) is 0 Å². The second-order valence-corrected chi connectivity index (χ2v) is 14.9. The standard InChI is InChI=1S/C56H38N2/c1-3-16-39(17-4-1)42-20-15-21-46(38-42)57(44-34-36-45(37-35-44)58-53-28-13-11-22-47(53)48-23-12-14-29-54(48)58)43-32-30-41(31-33-43)56-51-26-9-7-24-49(51)55(40-18-5-2-6-19-40)50-25-8-10-27-52(50)56/h1-38H. The summed E-state index contributed by atoms with van der Waals surface area (Å²) in [6.07, 6.45) is 0. The van der Waals surface area contributed by atoms with Gasteiger partial charge in [-0.15, -0.1) is 0 Å². The van der Waals surface area contributed by atoms with Crippen molar-refractivity contribution in [1.29, 1.82) is 0 Å². The van der Waals surface area contributed by atoms with E-state index in [-0.39, 0.29) is 0 Å². The largest absolute Gasteiger partial charge is 0.310 e. The van der Waals surface area contributed by atoms with Gasteiger partial charge in [-0.2, -0.15) is 0 Å². The van der Waals surface area contributed by atoms with Crippen molar-refractivity contribution >= 4 is 60.4 Å². The van der Waals surface area contributed by atoms with Crippen molar-refractivity contribution in [3.63, 3.8) is 0 Å². The van der Waals surface area contributed by atoms with E-state index in [1.54, 1.807) is 0 Å². The van der Waals surface area contributed by atoms with Gasteiger partial charge in [0.1, 0.15) is 0 Å². The Kier molecular flexibility index (Phi) is 8.19. The predicted molar refractivity (Wildman–Crippen MR) is 247 cm³/mol. The van der Waals surface area contributed by atoms with Crippen LogP contribution in [0.25, 0.3) is 82.4 Å². The van der Waals surface area contributed by atoms with E-state index in [2.05, 4.69) is 240 Å². The van der Waals surface area contributed by atoms with Gasteiger partial charge in [-0.3, -0.25) is 0 Å². The summed E-state index contributed by atoms with van der Waals surface area (Å²) in [7, 11) is 0. The quantitative estimate of drug-likeness (QED) is 0.148. The minimum atomic E-state index is 1.09. The molecule has 0 radical (unpaired) electrons. The van der Waals surface area contributed by atoms with Crippen LogP contribution < -0.4 is 4.90 Å². The number of rotatable bonds is 7. The van der Waals surface area contributed by atoms with E-state index >= 15 is 0 Å². The van der Waals surface area contributed by atoms with E-state index in [1.807, 2.05) is 0 Å². The van der Waals surface area contributed by atoms with E-state index in [0.717, 1.165) is 22.7 Å². The topological polar surface area (TPSA) is 8.17 Å². The van der Waals surface area contributed by atoms with Gasteiger partial charge in [0, 0.05) is 33.5 Å². The lowest BCUT2D eigenvalue weighted by Gasteiger charge is -2.27.